The molecule has 0 saturated heterocycles. The number of nitrogens with one attached hydrogen (secondary N) is 1. The van der Waals surface area contributed by atoms with Crippen molar-refractivity contribution >= 4 is 45.3 Å². The van der Waals surface area contributed by atoms with Crippen LogP contribution in [0.15, 0.2) is 22.7 Å². The minimum absolute atomic E-state index is 0.0813. The third-order valence-corrected chi connectivity index (χ3v) is 3.28. The fraction of sp³-hybridized carbons (Fsp3) is 0.250. The molecule has 1 unspecified atom stereocenters. The van der Waals surface area contributed by atoms with E-state index in [1.165, 1.54) is 12.1 Å². The number of hydrogen-bond acceptors (Lipinski definition) is 3. The lowest BCUT2D eigenvalue weighted by atomic mass is 10.1. The maximum absolute atomic E-state index is 12.0. The molecule has 0 spiro atoms. The Morgan fingerprint density at radius 2 is 2.05 bits per heavy atom. The number of amides is 2. The van der Waals surface area contributed by atoms with Gasteiger partial charge < -0.3 is 16.2 Å². The number of nitrogens with two attached hydrogens (primary N) is 1. The van der Waals surface area contributed by atoms with Gasteiger partial charge in [0.1, 0.15) is 6.04 Å². The molecule has 8 heteroatoms. The highest BCUT2D eigenvalue weighted by atomic mass is 79.9. The second kappa shape index (κ2) is 7.25. The maximum Gasteiger partial charge on any atom is 0.326 e. The number of carbonyl (C=O) groups excluding carboxylic acids is 2. The summed E-state index contributed by atoms with van der Waals surface area (Å²) in [6, 6.07) is 3.44. The Balaban J connectivity index is 2.82. The first-order valence-corrected chi connectivity index (χ1v) is 6.75. The van der Waals surface area contributed by atoms with Gasteiger partial charge >= 0.3 is 5.97 Å². The first-order chi connectivity index (χ1) is 9.31. The topological polar surface area (TPSA) is 109 Å². The molecule has 1 rings (SSSR count). The lowest BCUT2D eigenvalue weighted by Gasteiger charge is -2.14. The van der Waals surface area contributed by atoms with Crippen molar-refractivity contribution in [3.63, 3.8) is 0 Å². The van der Waals surface area contributed by atoms with Crippen molar-refractivity contribution < 1.29 is 19.5 Å². The van der Waals surface area contributed by atoms with Gasteiger partial charge in [-0.15, -0.1) is 0 Å². The van der Waals surface area contributed by atoms with Gasteiger partial charge in [0.25, 0.3) is 5.91 Å². The summed E-state index contributed by atoms with van der Waals surface area (Å²) in [4.78, 5) is 33.7. The molecule has 20 heavy (non-hydrogen) atoms. The van der Waals surface area contributed by atoms with Crippen LogP contribution in [-0.2, 0) is 9.59 Å². The van der Waals surface area contributed by atoms with Crippen molar-refractivity contribution in [1.29, 1.82) is 0 Å². The van der Waals surface area contributed by atoms with Crippen molar-refractivity contribution in [3.05, 3.63) is 33.3 Å². The molecule has 1 atom stereocenters. The van der Waals surface area contributed by atoms with E-state index in [4.69, 9.17) is 22.4 Å². The van der Waals surface area contributed by atoms with Crippen LogP contribution in [0.1, 0.15) is 23.2 Å². The molecule has 2 amide bonds. The van der Waals surface area contributed by atoms with Crippen LogP contribution in [-0.4, -0.2) is 28.9 Å². The van der Waals surface area contributed by atoms with E-state index in [-0.39, 0.29) is 23.4 Å². The number of carboxylic acids is 1. The summed E-state index contributed by atoms with van der Waals surface area (Å²) in [6.45, 7) is 0. The van der Waals surface area contributed by atoms with Gasteiger partial charge in [-0.25, -0.2) is 4.79 Å². The van der Waals surface area contributed by atoms with Gasteiger partial charge in [0.2, 0.25) is 5.91 Å². The highest BCUT2D eigenvalue weighted by Crippen LogP contribution is 2.21. The molecule has 108 valence electrons. The normalized spacial score (nSPS) is 11.7. The van der Waals surface area contributed by atoms with Crippen LogP contribution in [0.4, 0.5) is 0 Å². The molecule has 0 fully saturated rings. The number of benzene rings is 1. The lowest BCUT2D eigenvalue weighted by Crippen LogP contribution is -2.41. The summed E-state index contributed by atoms with van der Waals surface area (Å²) >= 11 is 9.07. The molecule has 0 bridgehead atoms. The van der Waals surface area contributed by atoms with Crippen molar-refractivity contribution in [2.24, 2.45) is 5.73 Å². The molecule has 0 aliphatic rings. The zero-order valence-electron chi connectivity index (χ0n) is 10.2. The Morgan fingerprint density at radius 3 is 2.60 bits per heavy atom. The average Bonchev–Trinajstić information content (AvgIpc) is 2.36. The third kappa shape index (κ3) is 4.82. The van der Waals surface area contributed by atoms with Crippen LogP contribution < -0.4 is 11.1 Å². The van der Waals surface area contributed by atoms with Crippen LogP contribution in [0.3, 0.4) is 0 Å². The number of primary amides is 1. The summed E-state index contributed by atoms with van der Waals surface area (Å²) in [6.07, 6.45) is -0.217. The monoisotopic (exact) mass is 362 g/mol. The van der Waals surface area contributed by atoms with Gasteiger partial charge in [-0.2, -0.15) is 0 Å². The summed E-state index contributed by atoms with van der Waals surface area (Å²) in [5.74, 6) is -2.51. The maximum atomic E-state index is 12.0. The number of halogens is 2. The Kier molecular flexibility index (Phi) is 5.97. The number of hydrogen-bond donors (Lipinski definition) is 3. The molecule has 0 radical (unpaired) electrons. The van der Waals surface area contributed by atoms with E-state index < -0.39 is 23.8 Å². The van der Waals surface area contributed by atoms with E-state index in [1.807, 2.05) is 0 Å². The summed E-state index contributed by atoms with van der Waals surface area (Å²) < 4.78 is 0.635. The standard InChI is InChI=1S/C12H12BrClN2O4/c13-6-1-2-8(14)7(5-6)11(18)16-9(12(19)20)3-4-10(15)17/h1-2,5,9H,3-4H2,(H2,15,17)(H,16,18)(H,19,20). The lowest BCUT2D eigenvalue weighted by molar-refractivity contribution is -0.139. The van der Waals surface area contributed by atoms with Crippen LogP contribution in [0.2, 0.25) is 5.02 Å². The fourth-order valence-corrected chi connectivity index (χ4v) is 2.02. The number of carboxylic acid groups (broad SMARTS) is 1. The van der Waals surface area contributed by atoms with Crippen molar-refractivity contribution in [2.75, 3.05) is 0 Å². The zero-order valence-corrected chi connectivity index (χ0v) is 12.6. The Morgan fingerprint density at radius 1 is 1.40 bits per heavy atom. The fourth-order valence-electron chi connectivity index (χ4n) is 1.45. The largest absolute Gasteiger partial charge is 0.480 e. The highest BCUT2D eigenvalue weighted by Gasteiger charge is 2.22. The smallest absolute Gasteiger partial charge is 0.326 e. The van der Waals surface area contributed by atoms with Crippen LogP contribution in [0.25, 0.3) is 0 Å². The van der Waals surface area contributed by atoms with Gasteiger partial charge in [0.05, 0.1) is 10.6 Å². The number of carbonyl (C=O) groups is 3. The second-order valence-electron chi connectivity index (χ2n) is 3.99. The number of rotatable bonds is 6. The first kappa shape index (κ1) is 16.5. The Labute approximate surface area is 128 Å². The second-order valence-corrected chi connectivity index (χ2v) is 5.32. The Bertz CT molecular complexity index is 550. The quantitative estimate of drug-likeness (QED) is 0.712. The van der Waals surface area contributed by atoms with Crippen molar-refractivity contribution in [2.45, 2.75) is 18.9 Å². The van der Waals surface area contributed by atoms with Crippen LogP contribution >= 0.6 is 27.5 Å². The van der Waals surface area contributed by atoms with E-state index in [9.17, 15) is 14.4 Å². The van der Waals surface area contributed by atoms with E-state index in [0.717, 1.165) is 0 Å². The zero-order chi connectivity index (χ0) is 15.3. The third-order valence-electron chi connectivity index (χ3n) is 2.46. The minimum Gasteiger partial charge on any atom is -0.480 e. The summed E-state index contributed by atoms with van der Waals surface area (Å²) in [5.41, 5.74) is 5.10. The minimum atomic E-state index is -1.24. The van der Waals surface area contributed by atoms with Crippen LogP contribution in [0, 0.1) is 0 Å². The van der Waals surface area contributed by atoms with E-state index in [2.05, 4.69) is 21.2 Å². The van der Waals surface area contributed by atoms with E-state index in [0.29, 0.717) is 4.47 Å². The predicted octanol–water partition coefficient (Wildman–Crippen LogP) is 1.55. The Hall–Kier alpha value is -1.60. The molecule has 0 saturated carbocycles. The highest BCUT2D eigenvalue weighted by molar-refractivity contribution is 9.10. The molecular weight excluding hydrogens is 351 g/mol. The molecule has 0 aliphatic heterocycles. The average molecular weight is 364 g/mol. The molecule has 4 N–H and O–H groups in total. The van der Waals surface area contributed by atoms with Gasteiger partial charge in [0.15, 0.2) is 0 Å². The molecule has 0 aromatic heterocycles. The SMILES string of the molecule is NC(=O)CCC(NC(=O)c1cc(Br)ccc1Cl)C(=O)O. The van der Waals surface area contributed by atoms with Gasteiger partial charge in [-0.05, 0) is 24.6 Å². The van der Waals surface area contributed by atoms with E-state index >= 15 is 0 Å². The first-order valence-electron chi connectivity index (χ1n) is 5.58. The van der Waals surface area contributed by atoms with E-state index in [1.54, 1.807) is 6.07 Å². The molecule has 0 aliphatic carbocycles. The van der Waals surface area contributed by atoms with Crippen molar-refractivity contribution in [3.8, 4) is 0 Å². The van der Waals surface area contributed by atoms with Gasteiger partial charge in [-0.3, -0.25) is 9.59 Å². The number of aliphatic carboxylic acids is 1. The molecule has 1 aromatic carbocycles. The van der Waals surface area contributed by atoms with Gasteiger partial charge in [-0.1, -0.05) is 27.5 Å². The van der Waals surface area contributed by atoms with Crippen LogP contribution in [0.5, 0.6) is 0 Å². The summed E-state index contributed by atoms with van der Waals surface area (Å²) in [5, 5.41) is 11.5. The molecular formula is C12H12BrClN2O4. The molecule has 6 nitrogen and oxygen atoms in total. The summed E-state index contributed by atoms with van der Waals surface area (Å²) in [7, 11) is 0. The van der Waals surface area contributed by atoms with Gasteiger partial charge in [0, 0.05) is 10.9 Å². The van der Waals surface area contributed by atoms with Crippen molar-refractivity contribution in [1.82, 2.24) is 5.32 Å². The molecule has 1 aromatic rings. The molecule has 0 heterocycles. The predicted molar refractivity (Wildman–Crippen MR) is 76.5 cm³/mol.